The lowest BCUT2D eigenvalue weighted by molar-refractivity contribution is -0.134. The van der Waals surface area contributed by atoms with Crippen LogP contribution in [0.4, 0.5) is 5.69 Å². The van der Waals surface area contributed by atoms with Crippen LogP contribution in [0.15, 0.2) is 18.2 Å². The second kappa shape index (κ2) is 8.83. The zero-order chi connectivity index (χ0) is 19.5. The zero-order valence-corrected chi connectivity index (χ0v) is 17.7. The Morgan fingerprint density at radius 2 is 1.61 bits per heavy atom. The van der Waals surface area contributed by atoms with Gasteiger partial charge in [-0.3, -0.25) is 14.6 Å². The number of carbonyl (C=O) groups is 1. The molecule has 0 N–H and O–H groups in total. The molecule has 3 fully saturated rings. The van der Waals surface area contributed by atoms with Gasteiger partial charge >= 0.3 is 0 Å². The van der Waals surface area contributed by atoms with Gasteiger partial charge in [0, 0.05) is 64.1 Å². The van der Waals surface area contributed by atoms with Gasteiger partial charge in [0.15, 0.2) is 0 Å². The largest absolute Gasteiger partial charge is 0.369 e. The van der Waals surface area contributed by atoms with Gasteiger partial charge < -0.3 is 9.80 Å². The zero-order valence-electron chi connectivity index (χ0n) is 17.7. The quantitative estimate of drug-likeness (QED) is 0.798. The van der Waals surface area contributed by atoms with E-state index in [-0.39, 0.29) is 0 Å². The standard InChI is InChI=1S/C23H36N4O/c1-19-7-8-20(2)22(17-19)26-11-9-24(10-12-26)18-23(28)27-15-13-25(14-16-27)21-5-3-4-6-21/h7-8,17,21H,3-6,9-16,18H2,1-2H3. The predicted octanol–water partition coefficient (Wildman–Crippen LogP) is 2.51. The highest BCUT2D eigenvalue weighted by Gasteiger charge is 2.29. The lowest BCUT2D eigenvalue weighted by atomic mass is 10.1. The van der Waals surface area contributed by atoms with Gasteiger partial charge in [-0.15, -0.1) is 0 Å². The third-order valence-corrected chi connectivity index (χ3v) is 6.94. The summed E-state index contributed by atoms with van der Waals surface area (Å²) in [4.78, 5) is 22.3. The lowest BCUT2D eigenvalue weighted by Crippen LogP contribution is -2.55. The molecule has 1 aromatic rings. The molecule has 28 heavy (non-hydrogen) atoms. The molecule has 1 amide bonds. The topological polar surface area (TPSA) is 30.0 Å². The number of anilines is 1. The van der Waals surface area contributed by atoms with E-state index in [1.54, 1.807) is 0 Å². The third-order valence-electron chi connectivity index (χ3n) is 6.94. The highest BCUT2D eigenvalue weighted by Crippen LogP contribution is 2.25. The van der Waals surface area contributed by atoms with E-state index in [1.807, 2.05) is 0 Å². The number of hydrogen-bond acceptors (Lipinski definition) is 4. The normalized spacial score (nSPS) is 22.8. The maximum Gasteiger partial charge on any atom is 0.236 e. The Morgan fingerprint density at radius 3 is 2.29 bits per heavy atom. The minimum atomic E-state index is 0.325. The van der Waals surface area contributed by atoms with Gasteiger partial charge in [0.25, 0.3) is 0 Å². The smallest absolute Gasteiger partial charge is 0.236 e. The van der Waals surface area contributed by atoms with Crippen LogP contribution in [0.2, 0.25) is 0 Å². The molecule has 5 nitrogen and oxygen atoms in total. The fourth-order valence-corrected chi connectivity index (χ4v) is 5.10. The van der Waals surface area contributed by atoms with Crippen molar-refractivity contribution in [2.75, 3.05) is 63.8 Å². The maximum atomic E-state index is 12.8. The van der Waals surface area contributed by atoms with Crippen molar-refractivity contribution in [1.29, 1.82) is 0 Å². The van der Waals surface area contributed by atoms with Crippen LogP contribution in [0.5, 0.6) is 0 Å². The SMILES string of the molecule is Cc1ccc(C)c(N2CCN(CC(=O)N3CCN(C4CCCC4)CC3)CC2)c1. The predicted molar refractivity (Wildman–Crippen MR) is 115 cm³/mol. The molecule has 3 aliphatic rings. The number of piperazine rings is 2. The number of benzene rings is 1. The molecule has 154 valence electrons. The summed E-state index contributed by atoms with van der Waals surface area (Å²) in [6.07, 6.45) is 5.49. The Morgan fingerprint density at radius 1 is 0.929 bits per heavy atom. The van der Waals surface area contributed by atoms with Crippen LogP contribution < -0.4 is 4.90 Å². The van der Waals surface area contributed by atoms with Crippen molar-refractivity contribution in [3.8, 4) is 0 Å². The first-order valence-corrected chi connectivity index (χ1v) is 11.2. The van der Waals surface area contributed by atoms with Crippen LogP contribution in [0.25, 0.3) is 0 Å². The van der Waals surface area contributed by atoms with Crippen LogP contribution in [0, 0.1) is 13.8 Å². The molecule has 0 spiro atoms. The molecule has 0 aromatic heterocycles. The van der Waals surface area contributed by atoms with Crippen molar-refractivity contribution in [2.45, 2.75) is 45.6 Å². The molecule has 0 radical (unpaired) electrons. The van der Waals surface area contributed by atoms with Crippen molar-refractivity contribution in [2.24, 2.45) is 0 Å². The highest BCUT2D eigenvalue weighted by molar-refractivity contribution is 5.78. The number of amides is 1. The number of hydrogen-bond donors (Lipinski definition) is 0. The summed E-state index contributed by atoms with van der Waals surface area (Å²) in [7, 11) is 0. The van der Waals surface area contributed by atoms with E-state index < -0.39 is 0 Å². The molecular formula is C23H36N4O. The van der Waals surface area contributed by atoms with Gasteiger partial charge in [0.2, 0.25) is 5.91 Å². The first kappa shape index (κ1) is 19.7. The van der Waals surface area contributed by atoms with Crippen molar-refractivity contribution >= 4 is 11.6 Å². The number of carbonyl (C=O) groups excluding carboxylic acids is 1. The highest BCUT2D eigenvalue weighted by atomic mass is 16.2. The second-order valence-corrected chi connectivity index (χ2v) is 8.91. The minimum Gasteiger partial charge on any atom is -0.369 e. The molecular weight excluding hydrogens is 348 g/mol. The molecule has 2 heterocycles. The number of aryl methyl sites for hydroxylation is 2. The molecule has 0 atom stereocenters. The molecule has 1 saturated carbocycles. The van der Waals surface area contributed by atoms with Crippen molar-refractivity contribution in [3.63, 3.8) is 0 Å². The van der Waals surface area contributed by atoms with Crippen LogP contribution >= 0.6 is 0 Å². The molecule has 2 aliphatic heterocycles. The average Bonchev–Trinajstić information content (AvgIpc) is 3.25. The Balaban J connectivity index is 1.22. The summed E-state index contributed by atoms with van der Waals surface area (Å²) in [6, 6.07) is 7.47. The Bertz CT molecular complexity index is 669. The maximum absolute atomic E-state index is 12.8. The minimum absolute atomic E-state index is 0.325. The molecule has 0 bridgehead atoms. The van der Waals surface area contributed by atoms with E-state index in [1.165, 1.54) is 42.5 Å². The average molecular weight is 385 g/mol. The van der Waals surface area contributed by atoms with Gasteiger partial charge in [-0.05, 0) is 43.9 Å². The summed E-state index contributed by atoms with van der Waals surface area (Å²) < 4.78 is 0. The molecule has 2 saturated heterocycles. The Hall–Kier alpha value is -1.59. The van der Waals surface area contributed by atoms with E-state index in [0.717, 1.165) is 58.4 Å². The summed E-state index contributed by atoms with van der Waals surface area (Å²) in [6.45, 7) is 12.9. The van der Waals surface area contributed by atoms with Gasteiger partial charge in [0.1, 0.15) is 0 Å². The van der Waals surface area contributed by atoms with E-state index in [2.05, 4.69) is 51.6 Å². The van der Waals surface area contributed by atoms with Crippen LogP contribution in [0.3, 0.4) is 0 Å². The van der Waals surface area contributed by atoms with Gasteiger partial charge in [-0.1, -0.05) is 25.0 Å². The number of rotatable bonds is 4. The Kier molecular flexibility index (Phi) is 6.22. The monoisotopic (exact) mass is 384 g/mol. The van der Waals surface area contributed by atoms with Crippen LogP contribution in [-0.4, -0.2) is 85.6 Å². The molecule has 5 heteroatoms. The van der Waals surface area contributed by atoms with Crippen LogP contribution in [-0.2, 0) is 4.79 Å². The molecule has 1 aliphatic carbocycles. The van der Waals surface area contributed by atoms with Gasteiger partial charge in [0.05, 0.1) is 6.54 Å². The van der Waals surface area contributed by atoms with Crippen LogP contribution in [0.1, 0.15) is 36.8 Å². The van der Waals surface area contributed by atoms with Crippen molar-refractivity contribution in [1.82, 2.24) is 14.7 Å². The summed E-state index contributed by atoms with van der Waals surface area (Å²) in [5.41, 5.74) is 4.01. The van der Waals surface area contributed by atoms with Gasteiger partial charge in [-0.25, -0.2) is 0 Å². The van der Waals surface area contributed by atoms with Crippen molar-refractivity contribution in [3.05, 3.63) is 29.3 Å². The van der Waals surface area contributed by atoms with Crippen molar-refractivity contribution < 1.29 is 4.79 Å². The second-order valence-electron chi connectivity index (χ2n) is 8.91. The lowest BCUT2D eigenvalue weighted by Gasteiger charge is -2.40. The summed E-state index contributed by atoms with van der Waals surface area (Å²) in [5.74, 6) is 0.325. The fraction of sp³-hybridized carbons (Fsp3) is 0.696. The molecule has 1 aromatic carbocycles. The first-order chi connectivity index (χ1) is 13.6. The first-order valence-electron chi connectivity index (χ1n) is 11.2. The van der Waals surface area contributed by atoms with Gasteiger partial charge in [-0.2, -0.15) is 0 Å². The van der Waals surface area contributed by atoms with E-state index in [9.17, 15) is 4.79 Å². The summed E-state index contributed by atoms with van der Waals surface area (Å²) >= 11 is 0. The van der Waals surface area contributed by atoms with E-state index in [4.69, 9.17) is 0 Å². The Labute approximate surface area is 170 Å². The summed E-state index contributed by atoms with van der Waals surface area (Å²) in [5, 5.41) is 0. The third kappa shape index (κ3) is 4.52. The molecule has 4 rings (SSSR count). The van der Waals surface area contributed by atoms with E-state index in [0.29, 0.717) is 12.5 Å². The number of nitrogens with zero attached hydrogens (tertiary/aromatic N) is 4. The molecule has 0 unspecified atom stereocenters. The fourth-order valence-electron chi connectivity index (χ4n) is 5.10. The van der Waals surface area contributed by atoms with E-state index >= 15 is 0 Å².